The van der Waals surface area contributed by atoms with Gasteiger partial charge in [-0.25, -0.2) is 0 Å². The molecule has 0 aliphatic heterocycles. The van der Waals surface area contributed by atoms with Gasteiger partial charge in [0, 0.05) is 6.42 Å². The van der Waals surface area contributed by atoms with Crippen LogP contribution in [0.15, 0.2) is 0 Å². The molecule has 0 aliphatic carbocycles. The Kier molecular flexibility index (Phi) is 6.34. The summed E-state index contributed by atoms with van der Waals surface area (Å²) in [5.74, 6) is 0.231. The van der Waals surface area contributed by atoms with Crippen LogP contribution in [0.1, 0.15) is 39.5 Å². The first-order chi connectivity index (χ1) is 5.56. The van der Waals surface area contributed by atoms with Crippen LogP contribution in [0.5, 0.6) is 0 Å². The molecule has 3 nitrogen and oxygen atoms in total. The summed E-state index contributed by atoms with van der Waals surface area (Å²) >= 11 is 0. The number of hydrogen-bond donors (Lipinski definition) is 3. The Morgan fingerprint density at radius 3 is 2.00 bits per heavy atom. The average molecular weight is 176 g/mol. The lowest BCUT2D eigenvalue weighted by atomic mass is 9.93. The Hall–Kier alpha value is -0.120. The third-order valence-electron chi connectivity index (χ3n) is 1.92. The molecule has 0 spiro atoms. The van der Waals surface area contributed by atoms with Crippen LogP contribution in [-0.2, 0) is 0 Å². The van der Waals surface area contributed by atoms with Crippen molar-refractivity contribution in [3.05, 3.63) is 0 Å². The largest absolute Gasteiger partial charge is 0.393 e. The Morgan fingerprint density at radius 1 is 1.08 bits per heavy atom. The van der Waals surface area contributed by atoms with E-state index in [0.717, 1.165) is 12.8 Å². The van der Waals surface area contributed by atoms with Crippen LogP contribution in [0, 0.1) is 5.92 Å². The fraction of sp³-hybridized carbons (Fsp3) is 1.00. The lowest BCUT2D eigenvalue weighted by molar-refractivity contribution is -0.0599. The smallest absolute Gasteiger partial charge is 0.151 e. The zero-order valence-electron chi connectivity index (χ0n) is 7.90. The summed E-state index contributed by atoms with van der Waals surface area (Å²) in [6, 6.07) is 0. The van der Waals surface area contributed by atoms with Gasteiger partial charge in [0.15, 0.2) is 6.29 Å². The summed E-state index contributed by atoms with van der Waals surface area (Å²) in [7, 11) is 0. The van der Waals surface area contributed by atoms with Gasteiger partial charge in [0.05, 0.1) is 6.10 Å². The maximum absolute atomic E-state index is 9.10. The molecule has 2 atom stereocenters. The fourth-order valence-corrected chi connectivity index (χ4v) is 1.52. The maximum Gasteiger partial charge on any atom is 0.151 e. The second kappa shape index (κ2) is 6.40. The topological polar surface area (TPSA) is 60.7 Å². The molecule has 0 aromatic rings. The van der Waals surface area contributed by atoms with E-state index in [2.05, 4.69) is 6.92 Å². The molecule has 3 heteroatoms. The first-order valence-corrected chi connectivity index (χ1v) is 4.60. The average Bonchev–Trinajstić information content (AvgIpc) is 1.84. The third-order valence-corrected chi connectivity index (χ3v) is 1.92. The summed E-state index contributed by atoms with van der Waals surface area (Å²) < 4.78 is 0. The summed E-state index contributed by atoms with van der Waals surface area (Å²) in [5.41, 5.74) is 0. The van der Waals surface area contributed by atoms with Crippen LogP contribution in [0.25, 0.3) is 0 Å². The van der Waals surface area contributed by atoms with Gasteiger partial charge in [0.1, 0.15) is 0 Å². The first kappa shape index (κ1) is 11.9. The van der Waals surface area contributed by atoms with Crippen molar-refractivity contribution in [1.82, 2.24) is 0 Å². The first-order valence-electron chi connectivity index (χ1n) is 4.60. The summed E-state index contributed by atoms with van der Waals surface area (Å²) in [5, 5.41) is 26.6. The molecule has 0 amide bonds. The van der Waals surface area contributed by atoms with E-state index in [1.165, 1.54) is 0 Å². The van der Waals surface area contributed by atoms with E-state index in [1.807, 2.05) is 0 Å². The van der Waals surface area contributed by atoms with Gasteiger partial charge >= 0.3 is 0 Å². The van der Waals surface area contributed by atoms with Crippen molar-refractivity contribution >= 4 is 0 Å². The van der Waals surface area contributed by atoms with Crippen molar-refractivity contribution in [2.24, 2.45) is 5.92 Å². The number of hydrogen-bond acceptors (Lipinski definition) is 3. The van der Waals surface area contributed by atoms with Gasteiger partial charge in [-0.2, -0.15) is 0 Å². The summed E-state index contributed by atoms with van der Waals surface area (Å²) in [4.78, 5) is 0. The van der Waals surface area contributed by atoms with E-state index >= 15 is 0 Å². The second-order valence-corrected chi connectivity index (χ2v) is 3.46. The highest BCUT2D eigenvalue weighted by atomic mass is 16.5. The van der Waals surface area contributed by atoms with Crippen molar-refractivity contribution in [2.75, 3.05) is 0 Å². The SMILES string of the molecule is CCCC(CC(C)O)CC(O)O. The van der Waals surface area contributed by atoms with Gasteiger partial charge in [-0.3, -0.25) is 0 Å². The van der Waals surface area contributed by atoms with Crippen LogP contribution >= 0.6 is 0 Å². The normalized spacial score (nSPS) is 16.5. The van der Waals surface area contributed by atoms with E-state index in [0.29, 0.717) is 12.8 Å². The molecule has 0 heterocycles. The molecule has 0 aromatic heterocycles. The minimum absolute atomic E-state index is 0.231. The molecule has 0 aliphatic rings. The monoisotopic (exact) mass is 176 g/mol. The predicted octanol–water partition coefficient (Wildman–Crippen LogP) is 0.874. The lowest BCUT2D eigenvalue weighted by Crippen LogP contribution is -2.16. The van der Waals surface area contributed by atoms with Gasteiger partial charge in [-0.1, -0.05) is 19.8 Å². The zero-order valence-corrected chi connectivity index (χ0v) is 7.90. The second-order valence-electron chi connectivity index (χ2n) is 3.46. The van der Waals surface area contributed by atoms with E-state index in [4.69, 9.17) is 15.3 Å². The molecular weight excluding hydrogens is 156 g/mol. The van der Waals surface area contributed by atoms with E-state index in [-0.39, 0.29) is 12.0 Å². The molecule has 0 rings (SSSR count). The van der Waals surface area contributed by atoms with Gasteiger partial charge in [-0.15, -0.1) is 0 Å². The molecule has 0 aromatic carbocycles. The van der Waals surface area contributed by atoms with Crippen molar-refractivity contribution in [1.29, 1.82) is 0 Å². The minimum Gasteiger partial charge on any atom is -0.393 e. The predicted molar refractivity (Wildman–Crippen MR) is 47.5 cm³/mol. The Labute approximate surface area is 74.0 Å². The standard InChI is InChI=1S/C9H20O3/c1-3-4-8(5-7(2)10)6-9(11)12/h7-12H,3-6H2,1-2H3. The number of aliphatic hydroxyl groups excluding tert-OH is 2. The van der Waals surface area contributed by atoms with E-state index in [1.54, 1.807) is 6.92 Å². The van der Waals surface area contributed by atoms with E-state index < -0.39 is 6.29 Å². The third kappa shape index (κ3) is 6.58. The highest BCUT2D eigenvalue weighted by Gasteiger charge is 2.13. The highest BCUT2D eigenvalue weighted by molar-refractivity contribution is 4.63. The lowest BCUT2D eigenvalue weighted by Gasteiger charge is -2.18. The summed E-state index contributed by atoms with van der Waals surface area (Å²) in [6.07, 6.45) is 1.41. The Bertz CT molecular complexity index is 91.9. The molecule has 0 fully saturated rings. The van der Waals surface area contributed by atoms with Crippen LogP contribution in [0.3, 0.4) is 0 Å². The van der Waals surface area contributed by atoms with Crippen molar-refractivity contribution in [2.45, 2.75) is 51.9 Å². The van der Waals surface area contributed by atoms with Crippen LogP contribution < -0.4 is 0 Å². The Balaban J connectivity index is 3.69. The van der Waals surface area contributed by atoms with Crippen LogP contribution in [-0.4, -0.2) is 27.7 Å². The van der Waals surface area contributed by atoms with Gasteiger partial charge in [0.25, 0.3) is 0 Å². The molecule has 74 valence electrons. The van der Waals surface area contributed by atoms with Gasteiger partial charge in [0.2, 0.25) is 0 Å². The number of rotatable bonds is 6. The summed E-state index contributed by atoms with van der Waals surface area (Å²) in [6.45, 7) is 3.78. The minimum atomic E-state index is -1.24. The molecule has 2 unspecified atom stereocenters. The van der Waals surface area contributed by atoms with Gasteiger partial charge in [-0.05, 0) is 19.3 Å². The maximum atomic E-state index is 9.10. The molecule has 0 radical (unpaired) electrons. The van der Waals surface area contributed by atoms with Crippen molar-refractivity contribution in [3.63, 3.8) is 0 Å². The van der Waals surface area contributed by atoms with Crippen LogP contribution in [0.4, 0.5) is 0 Å². The molecular formula is C9H20O3. The van der Waals surface area contributed by atoms with E-state index in [9.17, 15) is 0 Å². The zero-order chi connectivity index (χ0) is 9.56. The quantitative estimate of drug-likeness (QED) is 0.526. The highest BCUT2D eigenvalue weighted by Crippen LogP contribution is 2.18. The van der Waals surface area contributed by atoms with Crippen LogP contribution in [0.2, 0.25) is 0 Å². The van der Waals surface area contributed by atoms with Crippen molar-refractivity contribution < 1.29 is 15.3 Å². The van der Waals surface area contributed by atoms with Crippen molar-refractivity contribution in [3.8, 4) is 0 Å². The molecule has 3 N–H and O–H groups in total. The fourth-order valence-electron chi connectivity index (χ4n) is 1.52. The number of aliphatic hydroxyl groups is 3. The molecule has 12 heavy (non-hydrogen) atoms. The van der Waals surface area contributed by atoms with Gasteiger partial charge < -0.3 is 15.3 Å². The molecule has 0 bridgehead atoms. The Morgan fingerprint density at radius 2 is 1.67 bits per heavy atom. The molecule has 0 saturated heterocycles. The molecule has 0 saturated carbocycles.